The molecule has 0 N–H and O–H groups in total. The van der Waals surface area contributed by atoms with Crippen molar-refractivity contribution in [1.29, 1.82) is 0 Å². The fourth-order valence-corrected chi connectivity index (χ4v) is 3.31. The average molecular weight is 252 g/mol. The molecule has 0 aromatic heterocycles. The van der Waals surface area contributed by atoms with Crippen molar-refractivity contribution in [2.75, 3.05) is 0 Å². The normalized spacial score (nSPS) is 18.4. The molecule has 1 nitrogen and oxygen atoms in total. The lowest BCUT2D eigenvalue weighted by Gasteiger charge is -2.32. The number of benzene rings is 2. The van der Waals surface area contributed by atoms with Crippen LogP contribution in [0.2, 0.25) is 0 Å². The van der Waals surface area contributed by atoms with E-state index in [0.29, 0.717) is 5.78 Å². The summed E-state index contributed by atoms with van der Waals surface area (Å²) >= 11 is 0. The molecule has 0 heterocycles. The predicted octanol–water partition coefficient (Wildman–Crippen LogP) is 4.99. The summed E-state index contributed by atoms with van der Waals surface area (Å²) in [6, 6.07) is 14.3. The van der Waals surface area contributed by atoms with Crippen LogP contribution in [0, 0.1) is 5.41 Å². The van der Waals surface area contributed by atoms with Gasteiger partial charge in [0.05, 0.1) is 0 Å². The predicted molar refractivity (Wildman–Crippen MR) is 79.5 cm³/mol. The zero-order valence-corrected chi connectivity index (χ0v) is 11.5. The second-order valence-corrected chi connectivity index (χ2v) is 5.98. The summed E-state index contributed by atoms with van der Waals surface area (Å²) in [6.07, 6.45) is 5.72. The summed E-state index contributed by atoms with van der Waals surface area (Å²) in [5.41, 5.74) is 0.755. The van der Waals surface area contributed by atoms with Gasteiger partial charge in [0.1, 0.15) is 0 Å². The minimum atomic E-state index is -0.150. The van der Waals surface area contributed by atoms with Crippen LogP contribution in [0.3, 0.4) is 0 Å². The van der Waals surface area contributed by atoms with E-state index in [2.05, 4.69) is 25.1 Å². The second-order valence-electron chi connectivity index (χ2n) is 5.98. The van der Waals surface area contributed by atoms with Crippen LogP contribution in [0.5, 0.6) is 0 Å². The van der Waals surface area contributed by atoms with Crippen LogP contribution in [0.15, 0.2) is 42.5 Å². The largest absolute Gasteiger partial charge is 0.294 e. The third kappa shape index (κ3) is 2.18. The van der Waals surface area contributed by atoms with Gasteiger partial charge in [-0.3, -0.25) is 4.79 Å². The van der Waals surface area contributed by atoms with E-state index >= 15 is 0 Å². The monoisotopic (exact) mass is 252 g/mol. The van der Waals surface area contributed by atoms with E-state index in [1.165, 1.54) is 19.3 Å². The van der Waals surface area contributed by atoms with E-state index in [9.17, 15) is 4.79 Å². The van der Waals surface area contributed by atoms with Crippen LogP contribution in [-0.2, 0) is 0 Å². The Balaban J connectivity index is 2.06. The number of Topliss-reactive ketones (excluding diaryl/α,β-unsaturated/α-hetero) is 1. The quantitative estimate of drug-likeness (QED) is 0.688. The number of rotatable bonds is 2. The van der Waals surface area contributed by atoms with Crippen LogP contribution >= 0.6 is 0 Å². The highest BCUT2D eigenvalue weighted by Crippen LogP contribution is 2.39. The molecule has 0 spiro atoms. The Kier molecular flexibility index (Phi) is 3.14. The summed E-state index contributed by atoms with van der Waals surface area (Å²) < 4.78 is 0. The highest BCUT2D eigenvalue weighted by atomic mass is 16.1. The third-order valence-electron chi connectivity index (χ3n) is 4.54. The molecule has 0 aliphatic heterocycles. The van der Waals surface area contributed by atoms with Gasteiger partial charge in [-0.25, -0.2) is 0 Å². The summed E-state index contributed by atoms with van der Waals surface area (Å²) in [5.74, 6) is 0.337. The van der Waals surface area contributed by atoms with Gasteiger partial charge in [0, 0.05) is 11.0 Å². The average Bonchev–Trinajstić information content (AvgIpc) is 2.47. The molecule has 2 aromatic rings. The molecule has 0 bridgehead atoms. The molecule has 0 radical (unpaired) electrons. The van der Waals surface area contributed by atoms with E-state index in [4.69, 9.17) is 0 Å². The number of hydrogen-bond acceptors (Lipinski definition) is 1. The Morgan fingerprint density at radius 1 is 0.947 bits per heavy atom. The first-order valence-corrected chi connectivity index (χ1v) is 7.23. The number of hydrogen-bond donors (Lipinski definition) is 0. The van der Waals surface area contributed by atoms with Crippen molar-refractivity contribution < 1.29 is 4.79 Å². The standard InChI is InChI=1S/C18H20O/c1-18(12-5-2-6-13-18)17(19)16-11-7-9-14-8-3-4-10-15(14)16/h3-4,7-11H,2,5-6,12-13H2,1H3. The highest BCUT2D eigenvalue weighted by Gasteiger charge is 2.35. The Hall–Kier alpha value is -1.63. The van der Waals surface area contributed by atoms with Crippen molar-refractivity contribution in [3.05, 3.63) is 48.0 Å². The molecule has 3 rings (SSSR count). The number of fused-ring (bicyclic) bond motifs is 1. The van der Waals surface area contributed by atoms with Crippen molar-refractivity contribution in [3.63, 3.8) is 0 Å². The first-order valence-electron chi connectivity index (χ1n) is 7.23. The minimum Gasteiger partial charge on any atom is -0.294 e. The van der Waals surface area contributed by atoms with E-state index in [0.717, 1.165) is 29.2 Å². The molecular weight excluding hydrogens is 232 g/mol. The number of carbonyl (C=O) groups is 1. The molecule has 1 fully saturated rings. The Morgan fingerprint density at radius 3 is 2.42 bits per heavy atom. The summed E-state index contributed by atoms with van der Waals surface area (Å²) in [4.78, 5) is 12.9. The molecule has 0 saturated heterocycles. The lowest BCUT2D eigenvalue weighted by atomic mass is 9.70. The molecule has 1 heteroatoms. The van der Waals surface area contributed by atoms with E-state index in [-0.39, 0.29) is 5.41 Å². The van der Waals surface area contributed by atoms with Gasteiger partial charge < -0.3 is 0 Å². The number of carbonyl (C=O) groups excluding carboxylic acids is 1. The van der Waals surface area contributed by atoms with E-state index in [1.54, 1.807) is 0 Å². The van der Waals surface area contributed by atoms with Gasteiger partial charge in [-0.15, -0.1) is 0 Å². The molecule has 19 heavy (non-hydrogen) atoms. The van der Waals surface area contributed by atoms with E-state index < -0.39 is 0 Å². The summed E-state index contributed by atoms with van der Waals surface area (Å²) in [5, 5.41) is 2.26. The van der Waals surface area contributed by atoms with Crippen molar-refractivity contribution in [2.24, 2.45) is 5.41 Å². The first kappa shape index (κ1) is 12.4. The fraction of sp³-hybridized carbons (Fsp3) is 0.389. The minimum absolute atomic E-state index is 0.150. The smallest absolute Gasteiger partial charge is 0.169 e. The van der Waals surface area contributed by atoms with Gasteiger partial charge in [-0.2, -0.15) is 0 Å². The molecule has 0 amide bonds. The van der Waals surface area contributed by atoms with Gasteiger partial charge in [0.2, 0.25) is 0 Å². The van der Waals surface area contributed by atoms with Gasteiger partial charge in [0.25, 0.3) is 0 Å². The summed E-state index contributed by atoms with van der Waals surface area (Å²) in [6.45, 7) is 2.15. The van der Waals surface area contributed by atoms with Crippen LogP contribution in [0.1, 0.15) is 49.4 Å². The van der Waals surface area contributed by atoms with Crippen molar-refractivity contribution in [1.82, 2.24) is 0 Å². The maximum absolute atomic E-state index is 12.9. The topological polar surface area (TPSA) is 17.1 Å². The Labute approximate surface area is 114 Å². The van der Waals surface area contributed by atoms with Gasteiger partial charge in [-0.05, 0) is 23.6 Å². The highest BCUT2D eigenvalue weighted by molar-refractivity contribution is 6.10. The maximum Gasteiger partial charge on any atom is 0.169 e. The summed E-state index contributed by atoms with van der Waals surface area (Å²) in [7, 11) is 0. The number of ketones is 1. The maximum atomic E-state index is 12.9. The first-order chi connectivity index (χ1) is 9.21. The van der Waals surface area contributed by atoms with Crippen molar-refractivity contribution in [3.8, 4) is 0 Å². The Morgan fingerprint density at radius 2 is 1.63 bits per heavy atom. The molecule has 1 saturated carbocycles. The third-order valence-corrected chi connectivity index (χ3v) is 4.54. The lowest BCUT2D eigenvalue weighted by Crippen LogP contribution is -2.30. The van der Waals surface area contributed by atoms with Crippen LogP contribution < -0.4 is 0 Å². The van der Waals surface area contributed by atoms with Crippen LogP contribution in [-0.4, -0.2) is 5.78 Å². The fourth-order valence-electron chi connectivity index (χ4n) is 3.31. The molecule has 0 atom stereocenters. The zero-order chi connectivity index (χ0) is 13.3. The zero-order valence-electron chi connectivity index (χ0n) is 11.5. The molecule has 2 aromatic carbocycles. The van der Waals surface area contributed by atoms with Crippen molar-refractivity contribution >= 4 is 16.6 Å². The molecular formula is C18H20O. The van der Waals surface area contributed by atoms with E-state index in [1.807, 2.05) is 24.3 Å². The van der Waals surface area contributed by atoms with Gasteiger partial charge in [0.15, 0.2) is 5.78 Å². The lowest BCUT2D eigenvalue weighted by molar-refractivity contribution is 0.0751. The molecule has 1 aliphatic rings. The SMILES string of the molecule is CC1(C(=O)c2cccc3ccccc23)CCCCC1. The molecule has 1 aliphatic carbocycles. The van der Waals surface area contributed by atoms with Crippen LogP contribution in [0.25, 0.3) is 10.8 Å². The van der Waals surface area contributed by atoms with Crippen LogP contribution in [0.4, 0.5) is 0 Å². The molecule has 0 unspecified atom stereocenters. The van der Waals surface area contributed by atoms with Crippen molar-refractivity contribution in [2.45, 2.75) is 39.0 Å². The van der Waals surface area contributed by atoms with Gasteiger partial charge >= 0.3 is 0 Å². The Bertz CT molecular complexity index is 601. The second kappa shape index (κ2) is 4.80. The molecule has 98 valence electrons. The van der Waals surface area contributed by atoms with Gasteiger partial charge in [-0.1, -0.05) is 68.7 Å².